The van der Waals surface area contributed by atoms with E-state index >= 15 is 0 Å². The van der Waals surface area contributed by atoms with Crippen LogP contribution in [0.5, 0.6) is 17.2 Å². The molecule has 8 nitrogen and oxygen atoms in total. The molecule has 0 saturated carbocycles. The van der Waals surface area contributed by atoms with Crippen molar-refractivity contribution in [3.8, 4) is 17.2 Å². The Labute approximate surface area is 270 Å². The zero-order valence-corrected chi connectivity index (χ0v) is 26.5. The lowest BCUT2D eigenvalue weighted by molar-refractivity contribution is -0.132. The zero-order chi connectivity index (χ0) is 31.9. The van der Waals surface area contributed by atoms with Gasteiger partial charge in [-0.05, 0) is 85.5 Å². The smallest absolute Gasteiger partial charge is 0.301 e. The fourth-order valence-corrected chi connectivity index (χ4v) is 7.10. The molecule has 1 fully saturated rings. The normalized spacial score (nSPS) is 18.5. The summed E-state index contributed by atoms with van der Waals surface area (Å²) in [6.45, 7) is 6.56. The molecule has 1 aromatic heterocycles. The average molecular weight is 633 g/mol. The highest BCUT2D eigenvalue weighted by Gasteiger charge is 2.48. The number of carbonyl (C=O) groups is 2. The van der Waals surface area contributed by atoms with Gasteiger partial charge in [0.1, 0.15) is 24.2 Å². The number of nitrogens with zero attached hydrogens (tertiary/aromatic N) is 2. The summed E-state index contributed by atoms with van der Waals surface area (Å²) in [5, 5.41) is 12.1. The molecule has 3 heterocycles. The van der Waals surface area contributed by atoms with Gasteiger partial charge in [-0.1, -0.05) is 53.8 Å². The van der Waals surface area contributed by atoms with Gasteiger partial charge in [0, 0.05) is 12.0 Å². The highest BCUT2D eigenvalue weighted by atomic mass is 32.1. The largest absolute Gasteiger partial charge is 0.507 e. The molecule has 0 aliphatic carbocycles. The van der Waals surface area contributed by atoms with Gasteiger partial charge in [0.2, 0.25) is 0 Å². The molecule has 5 aromatic rings. The monoisotopic (exact) mass is 632 g/mol. The van der Waals surface area contributed by atoms with E-state index in [9.17, 15) is 14.7 Å². The van der Waals surface area contributed by atoms with Gasteiger partial charge >= 0.3 is 5.91 Å². The number of aryl methyl sites for hydroxylation is 1. The lowest BCUT2D eigenvalue weighted by Crippen LogP contribution is -2.29. The molecule has 9 heteroatoms. The number of aliphatic hydroxyl groups excluding tert-OH is 1. The van der Waals surface area contributed by atoms with Crippen LogP contribution in [-0.4, -0.2) is 34.5 Å². The minimum atomic E-state index is -0.965. The predicted octanol–water partition coefficient (Wildman–Crippen LogP) is 7.53. The summed E-state index contributed by atoms with van der Waals surface area (Å²) in [5.74, 6) is -0.0706. The molecule has 4 aromatic carbocycles. The van der Waals surface area contributed by atoms with Gasteiger partial charge in [0.05, 0.1) is 28.4 Å². The highest BCUT2D eigenvalue weighted by Crippen LogP contribution is 2.46. The Hall–Kier alpha value is -5.15. The van der Waals surface area contributed by atoms with Crippen molar-refractivity contribution in [1.29, 1.82) is 0 Å². The number of fused-ring (bicyclic) bond motifs is 2. The van der Waals surface area contributed by atoms with Gasteiger partial charge in [-0.3, -0.25) is 14.5 Å². The Morgan fingerprint density at radius 2 is 1.83 bits per heavy atom. The molecule has 0 unspecified atom stereocenters. The van der Waals surface area contributed by atoms with Crippen molar-refractivity contribution in [2.45, 2.75) is 45.9 Å². The van der Waals surface area contributed by atoms with Crippen molar-refractivity contribution in [2.24, 2.45) is 0 Å². The van der Waals surface area contributed by atoms with E-state index in [1.807, 2.05) is 75.4 Å². The molecule has 0 bridgehead atoms. The van der Waals surface area contributed by atoms with Crippen LogP contribution in [0.4, 0.5) is 5.13 Å². The van der Waals surface area contributed by atoms with Crippen LogP contribution in [0.25, 0.3) is 16.0 Å². The number of hydrogen-bond acceptors (Lipinski definition) is 8. The van der Waals surface area contributed by atoms with Gasteiger partial charge in [0.25, 0.3) is 5.78 Å². The van der Waals surface area contributed by atoms with E-state index < -0.39 is 17.7 Å². The topological polar surface area (TPSA) is 98.2 Å². The molecule has 0 radical (unpaired) electrons. The summed E-state index contributed by atoms with van der Waals surface area (Å²) in [6, 6.07) is 25.4. The van der Waals surface area contributed by atoms with Crippen LogP contribution in [0.1, 0.15) is 47.7 Å². The number of aromatic nitrogens is 1. The summed E-state index contributed by atoms with van der Waals surface area (Å²) < 4.78 is 18.9. The number of Topliss-reactive ketones (excluding diaryl/α,β-unsaturated/α-hetero) is 1. The molecule has 232 valence electrons. The van der Waals surface area contributed by atoms with E-state index in [0.29, 0.717) is 47.4 Å². The first-order valence-corrected chi connectivity index (χ1v) is 16.0. The number of hydrogen-bond donors (Lipinski definition) is 1. The third kappa shape index (κ3) is 5.37. The molecule has 1 amide bonds. The van der Waals surface area contributed by atoms with E-state index in [-0.39, 0.29) is 17.4 Å². The van der Waals surface area contributed by atoms with E-state index in [4.69, 9.17) is 19.2 Å². The second kappa shape index (κ2) is 12.0. The van der Waals surface area contributed by atoms with Crippen LogP contribution in [-0.2, 0) is 22.6 Å². The van der Waals surface area contributed by atoms with Crippen LogP contribution in [0, 0.1) is 6.92 Å². The summed E-state index contributed by atoms with van der Waals surface area (Å²) >= 11 is 1.33. The first-order chi connectivity index (χ1) is 22.3. The van der Waals surface area contributed by atoms with Crippen molar-refractivity contribution in [1.82, 2.24) is 4.98 Å². The van der Waals surface area contributed by atoms with Crippen molar-refractivity contribution in [2.75, 3.05) is 11.5 Å². The van der Waals surface area contributed by atoms with Crippen molar-refractivity contribution in [3.05, 3.63) is 118 Å². The lowest BCUT2D eigenvalue weighted by atomic mass is 9.94. The molecular weight excluding hydrogens is 600 g/mol. The molecule has 0 spiro atoms. The van der Waals surface area contributed by atoms with Crippen molar-refractivity contribution >= 4 is 44.1 Å². The first kappa shape index (κ1) is 29.6. The molecule has 46 heavy (non-hydrogen) atoms. The van der Waals surface area contributed by atoms with E-state index in [1.54, 1.807) is 30.3 Å². The van der Waals surface area contributed by atoms with Crippen LogP contribution in [0.15, 0.2) is 90.5 Å². The summed E-state index contributed by atoms with van der Waals surface area (Å²) in [6.07, 6.45) is 0.696. The standard InChI is InChI=1S/C37H32N2O6S/c1-4-43-30-19-24(11-15-29(30)44-20-23-8-6-5-7-9-23)33-32(34(40)25-12-14-28-26(18-25)17-22(3)45-28)35(41)36(42)39(33)37-38-27-13-10-21(2)16-31(27)46-37/h5-16,18-19,22,33,40H,4,17,20H2,1-3H3/b34-32+/t22-,33-/m0/s1. The first-order valence-electron chi connectivity index (χ1n) is 15.2. The summed E-state index contributed by atoms with van der Waals surface area (Å²) in [7, 11) is 0. The second-order valence-electron chi connectivity index (χ2n) is 11.5. The summed E-state index contributed by atoms with van der Waals surface area (Å²) in [4.78, 5) is 33.9. The lowest BCUT2D eigenvalue weighted by Gasteiger charge is -2.24. The maximum absolute atomic E-state index is 13.9. The highest BCUT2D eigenvalue weighted by molar-refractivity contribution is 7.22. The number of carbonyl (C=O) groups excluding carboxylic acids is 2. The minimum Gasteiger partial charge on any atom is -0.507 e. The number of benzene rings is 4. The number of ether oxygens (including phenoxy) is 3. The summed E-state index contributed by atoms with van der Waals surface area (Å²) in [5.41, 5.74) is 4.71. The van der Waals surface area contributed by atoms with Gasteiger partial charge in [-0.25, -0.2) is 4.98 Å². The number of anilines is 1. The number of aliphatic hydroxyl groups is 1. The minimum absolute atomic E-state index is 0.0141. The number of rotatable bonds is 8. The zero-order valence-electron chi connectivity index (χ0n) is 25.7. The molecule has 1 N–H and O–H groups in total. The Bertz CT molecular complexity index is 2020. The van der Waals surface area contributed by atoms with Gasteiger partial charge in [-0.2, -0.15) is 0 Å². The molecular formula is C37H32N2O6S. The second-order valence-corrected chi connectivity index (χ2v) is 12.5. The SMILES string of the molecule is CCOc1cc([C@H]2/C(=C(\O)c3ccc4c(c3)C[C@H](C)O4)C(=O)C(=O)N2c2nc3ccc(C)cc3s2)ccc1OCc1ccccc1. The third-order valence-corrected chi connectivity index (χ3v) is 9.19. The van der Waals surface area contributed by atoms with Crippen LogP contribution >= 0.6 is 11.3 Å². The van der Waals surface area contributed by atoms with Crippen LogP contribution in [0.2, 0.25) is 0 Å². The molecule has 2 aliphatic heterocycles. The van der Waals surface area contributed by atoms with Crippen molar-refractivity contribution < 1.29 is 28.9 Å². The third-order valence-electron chi connectivity index (χ3n) is 8.17. The van der Waals surface area contributed by atoms with Gasteiger partial charge in [-0.15, -0.1) is 0 Å². The Morgan fingerprint density at radius 1 is 1.00 bits per heavy atom. The maximum Gasteiger partial charge on any atom is 0.301 e. The number of ketones is 1. The fourth-order valence-electron chi connectivity index (χ4n) is 6.01. The molecule has 7 rings (SSSR count). The predicted molar refractivity (Wildman–Crippen MR) is 178 cm³/mol. The average Bonchev–Trinajstić information content (AvgIpc) is 3.72. The maximum atomic E-state index is 13.9. The Kier molecular flexibility index (Phi) is 7.70. The van der Waals surface area contributed by atoms with Gasteiger partial charge in [0.15, 0.2) is 16.6 Å². The number of amides is 1. The van der Waals surface area contributed by atoms with Crippen LogP contribution in [0.3, 0.4) is 0 Å². The number of thiazole rings is 1. The Morgan fingerprint density at radius 3 is 2.63 bits per heavy atom. The van der Waals surface area contributed by atoms with Crippen LogP contribution < -0.4 is 19.1 Å². The molecule has 2 atom stereocenters. The van der Waals surface area contributed by atoms with E-state index in [1.165, 1.54) is 16.2 Å². The molecule has 1 saturated heterocycles. The van der Waals surface area contributed by atoms with Crippen molar-refractivity contribution in [3.63, 3.8) is 0 Å². The molecule has 2 aliphatic rings. The Balaban J connectivity index is 1.36. The fraction of sp³-hybridized carbons (Fsp3) is 0.216. The quantitative estimate of drug-likeness (QED) is 0.107. The van der Waals surface area contributed by atoms with E-state index in [2.05, 4.69) is 0 Å². The van der Waals surface area contributed by atoms with Gasteiger partial charge < -0.3 is 19.3 Å². The van der Waals surface area contributed by atoms with E-state index in [0.717, 1.165) is 32.7 Å².